The summed E-state index contributed by atoms with van der Waals surface area (Å²) in [5.74, 6) is 0.321. The van der Waals surface area contributed by atoms with Crippen molar-refractivity contribution in [3.8, 4) is 11.4 Å². The Hall–Kier alpha value is -3.03. The first-order valence-electron chi connectivity index (χ1n) is 10.2. The number of H-pyrrole nitrogens is 1. The van der Waals surface area contributed by atoms with Gasteiger partial charge in [-0.25, -0.2) is 4.98 Å². The molecule has 5 rings (SSSR count). The van der Waals surface area contributed by atoms with Crippen molar-refractivity contribution in [2.45, 2.75) is 37.5 Å². The van der Waals surface area contributed by atoms with E-state index >= 15 is 0 Å². The number of carbonyl (C=O) groups is 2. The lowest BCUT2D eigenvalue weighted by atomic mass is 9.76. The number of aromatic amines is 1. The summed E-state index contributed by atoms with van der Waals surface area (Å²) in [5, 5.41) is 2.74. The predicted molar refractivity (Wildman–Crippen MR) is 105 cm³/mol. The monoisotopic (exact) mass is 393 g/mol. The molecule has 0 radical (unpaired) electrons. The van der Waals surface area contributed by atoms with Gasteiger partial charge in [0.1, 0.15) is 5.82 Å². The number of likely N-dealkylation sites (tertiary alicyclic amines) is 1. The number of hydrogen-bond acceptors (Lipinski definition) is 5. The maximum Gasteiger partial charge on any atom is 0.254 e. The highest BCUT2D eigenvalue weighted by molar-refractivity contribution is 5.89. The maximum atomic E-state index is 12.7. The lowest BCUT2D eigenvalue weighted by Crippen LogP contribution is -2.47. The van der Waals surface area contributed by atoms with Crippen molar-refractivity contribution < 1.29 is 9.59 Å². The molecule has 1 aliphatic carbocycles. The molecular formula is C21H23N5O3. The van der Waals surface area contributed by atoms with Gasteiger partial charge in [0.25, 0.3) is 5.56 Å². The van der Waals surface area contributed by atoms with Gasteiger partial charge >= 0.3 is 0 Å². The van der Waals surface area contributed by atoms with Gasteiger partial charge in [-0.05, 0) is 37.8 Å². The van der Waals surface area contributed by atoms with E-state index in [1.54, 1.807) is 12.4 Å². The van der Waals surface area contributed by atoms with Crippen LogP contribution in [0.5, 0.6) is 0 Å². The van der Waals surface area contributed by atoms with Gasteiger partial charge in [-0.15, -0.1) is 0 Å². The predicted octanol–water partition coefficient (Wildman–Crippen LogP) is 0.774. The molecule has 2 aliphatic heterocycles. The molecule has 1 unspecified atom stereocenters. The molecule has 2 fully saturated rings. The number of nitrogens with one attached hydrogen (secondary N) is 2. The second kappa shape index (κ2) is 6.79. The molecule has 2 N–H and O–H groups in total. The van der Waals surface area contributed by atoms with Crippen molar-refractivity contribution in [2.24, 2.45) is 5.92 Å². The highest BCUT2D eigenvalue weighted by Crippen LogP contribution is 2.44. The minimum Gasteiger partial charge on any atom is -0.355 e. The fourth-order valence-electron chi connectivity index (χ4n) is 4.97. The molecule has 2 saturated heterocycles. The number of fused-ring (bicyclic) bond motifs is 2. The SMILES string of the molecule is O=C1CC(C(=O)N2CCC3(CCc4c3nc(-c3cccnc3)[nH]c4=O)CC2)CN1. The van der Waals surface area contributed by atoms with Gasteiger partial charge in [-0.2, -0.15) is 0 Å². The van der Waals surface area contributed by atoms with Crippen molar-refractivity contribution in [3.63, 3.8) is 0 Å². The first kappa shape index (κ1) is 18.0. The molecule has 0 aromatic carbocycles. The molecular weight excluding hydrogens is 370 g/mol. The third-order valence-corrected chi connectivity index (χ3v) is 6.67. The van der Waals surface area contributed by atoms with Gasteiger partial charge in [-0.1, -0.05) is 0 Å². The van der Waals surface area contributed by atoms with E-state index < -0.39 is 0 Å². The Morgan fingerprint density at radius 1 is 1.21 bits per heavy atom. The van der Waals surface area contributed by atoms with Crippen molar-refractivity contribution in [1.29, 1.82) is 0 Å². The molecule has 3 aliphatic rings. The van der Waals surface area contributed by atoms with Crippen LogP contribution in [0, 0.1) is 5.92 Å². The molecule has 8 nitrogen and oxygen atoms in total. The normalized spacial score (nSPS) is 22.6. The zero-order valence-electron chi connectivity index (χ0n) is 16.1. The fourth-order valence-corrected chi connectivity index (χ4v) is 4.97. The molecule has 2 amide bonds. The number of pyridine rings is 1. The number of piperidine rings is 1. The number of aromatic nitrogens is 3. The molecule has 150 valence electrons. The average Bonchev–Trinajstić information content (AvgIpc) is 3.33. The molecule has 2 aromatic rings. The van der Waals surface area contributed by atoms with E-state index in [0.717, 1.165) is 42.5 Å². The van der Waals surface area contributed by atoms with Crippen molar-refractivity contribution in [1.82, 2.24) is 25.2 Å². The van der Waals surface area contributed by atoms with Crippen molar-refractivity contribution in [3.05, 3.63) is 46.1 Å². The number of carbonyl (C=O) groups excluding carboxylic acids is 2. The van der Waals surface area contributed by atoms with Crippen LogP contribution >= 0.6 is 0 Å². The van der Waals surface area contributed by atoms with E-state index in [1.807, 2.05) is 17.0 Å². The quantitative estimate of drug-likeness (QED) is 0.784. The molecule has 1 atom stereocenters. The molecule has 1 spiro atoms. The minimum atomic E-state index is -0.245. The summed E-state index contributed by atoms with van der Waals surface area (Å²) >= 11 is 0. The summed E-state index contributed by atoms with van der Waals surface area (Å²) in [6, 6.07) is 3.71. The second-order valence-electron chi connectivity index (χ2n) is 8.29. The molecule has 29 heavy (non-hydrogen) atoms. The van der Waals surface area contributed by atoms with E-state index in [2.05, 4.69) is 15.3 Å². The third kappa shape index (κ3) is 3.03. The van der Waals surface area contributed by atoms with E-state index in [-0.39, 0.29) is 35.1 Å². The van der Waals surface area contributed by atoms with Gasteiger partial charge in [0.2, 0.25) is 11.8 Å². The topological polar surface area (TPSA) is 108 Å². The first-order valence-corrected chi connectivity index (χ1v) is 10.2. The second-order valence-corrected chi connectivity index (χ2v) is 8.29. The third-order valence-electron chi connectivity index (χ3n) is 6.67. The maximum absolute atomic E-state index is 12.7. The van der Waals surface area contributed by atoms with Crippen LogP contribution in [0.25, 0.3) is 11.4 Å². The molecule has 4 heterocycles. The Morgan fingerprint density at radius 2 is 2.03 bits per heavy atom. The van der Waals surface area contributed by atoms with Crippen LogP contribution in [0.4, 0.5) is 0 Å². The Morgan fingerprint density at radius 3 is 2.72 bits per heavy atom. The van der Waals surface area contributed by atoms with Crippen LogP contribution in [0.1, 0.15) is 36.9 Å². The minimum absolute atomic E-state index is 0.0482. The van der Waals surface area contributed by atoms with Gasteiger partial charge in [0.15, 0.2) is 0 Å². The standard InChI is InChI=1S/C21H23N5O3/c27-16-10-14(12-23-16)20(29)26-8-5-21(6-9-26)4-3-15-17(21)24-18(25-19(15)28)13-2-1-7-22-11-13/h1-2,7,11,14H,3-6,8-10,12H2,(H,23,27)(H,24,25,28). The van der Waals surface area contributed by atoms with Gasteiger partial charge in [0.05, 0.1) is 11.6 Å². The first-order chi connectivity index (χ1) is 14.1. The van der Waals surface area contributed by atoms with Gasteiger partial charge in [0, 0.05) is 55.0 Å². The number of rotatable bonds is 2. The highest BCUT2D eigenvalue weighted by Gasteiger charge is 2.45. The van der Waals surface area contributed by atoms with Crippen LogP contribution in [-0.2, 0) is 21.4 Å². The largest absolute Gasteiger partial charge is 0.355 e. The summed E-state index contributed by atoms with van der Waals surface area (Å²) in [5.41, 5.74) is 2.24. The van der Waals surface area contributed by atoms with Crippen LogP contribution in [-0.4, -0.2) is 51.3 Å². The number of nitrogens with zero attached hydrogens (tertiary/aromatic N) is 3. The summed E-state index contributed by atoms with van der Waals surface area (Å²) < 4.78 is 0. The van der Waals surface area contributed by atoms with Gasteiger partial charge in [-0.3, -0.25) is 19.4 Å². The van der Waals surface area contributed by atoms with Crippen molar-refractivity contribution in [2.75, 3.05) is 19.6 Å². The average molecular weight is 393 g/mol. The zero-order chi connectivity index (χ0) is 20.0. The van der Waals surface area contributed by atoms with E-state index in [0.29, 0.717) is 25.5 Å². The Labute approximate surface area is 167 Å². The van der Waals surface area contributed by atoms with E-state index in [9.17, 15) is 14.4 Å². The van der Waals surface area contributed by atoms with Gasteiger partial charge < -0.3 is 15.2 Å². The molecule has 2 aromatic heterocycles. The smallest absolute Gasteiger partial charge is 0.254 e. The van der Waals surface area contributed by atoms with Crippen LogP contribution < -0.4 is 10.9 Å². The highest BCUT2D eigenvalue weighted by atomic mass is 16.2. The lowest BCUT2D eigenvalue weighted by molar-refractivity contribution is -0.137. The number of hydrogen-bond donors (Lipinski definition) is 2. The van der Waals surface area contributed by atoms with E-state index in [1.165, 1.54) is 0 Å². The van der Waals surface area contributed by atoms with E-state index in [4.69, 9.17) is 4.98 Å². The summed E-state index contributed by atoms with van der Waals surface area (Å²) in [7, 11) is 0. The Bertz CT molecular complexity index is 1020. The number of amides is 2. The summed E-state index contributed by atoms with van der Waals surface area (Å²) in [4.78, 5) is 50.6. The summed E-state index contributed by atoms with van der Waals surface area (Å²) in [6.07, 6.45) is 6.88. The zero-order valence-corrected chi connectivity index (χ0v) is 16.1. The molecule has 8 heteroatoms. The Kier molecular flexibility index (Phi) is 4.22. The Balaban J connectivity index is 1.39. The molecule has 0 bridgehead atoms. The fraction of sp³-hybridized carbons (Fsp3) is 0.476. The van der Waals surface area contributed by atoms with Crippen LogP contribution in [0.3, 0.4) is 0 Å². The van der Waals surface area contributed by atoms with Crippen LogP contribution in [0.15, 0.2) is 29.3 Å². The van der Waals surface area contributed by atoms with Crippen molar-refractivity contribution >= 4 is 11.8 Å². The van der Waals surface area contributed by atoms with Crippen LogP contribution in [0.2, 0.25) is 0 Å². The molecule has 0 saturated carbocycles. The summed E-state index contributed by atoms with van der Waals surface area (Å²) in [6.45, 7) is 1.72. The lowest BCUT2D eigenvalue weighted by Gasteiger charge is -2.40.